The van der Waals surface area contributed by atoms with Crippen LogP contribution in [0, 0.1) is 13.8 Å². The molecule has 0 radical (unpaired) electrons. The lowest BCUT2D eigenvalue weighted by Gasteiger charge is -2.23. The molecule has 0 aliphatic carbocycles. The Bertz CT molecular complexity index is 1520. The molecule has 178 valence electrons. The van der Waals surface area contributed by atoms with Crippen molar-refractivity contribution in [2.24, 2.45) is 0 Å². The van der Waals surface area contributed by atoms with Crippen molar-refractivity contribution in [3.8, 4) is 11.8 Å². The number of carbonyl (C=O) groups is 1. The van der Waals surface area contributed by atoms with Crippen molar-refractivity contribution in [3.05, 3.63) is 63.3 Å². The van der Waals surface area contributed by atoms with E-state index in [0.717, 1.165) is 15.6 Å². The largest absolute Gasteiger partial charge is 0.417 e. The highest BCUT2D eigenvalue weighted by Crippen LogP contribution is 2.34. The highest BCUT2D eigenvalue weighted by molar-refractivity contribution is 7.91. The van der Waals surface area contributed by atoms with E-state index in [1.165, 1.54) is 29.7 Å². The number of aryl methyl sites for hydroxylation is 1. The summed E-state index contributed by atoms with van der Waals surface area (Å²) in [6.45, 7) is 6.90. The first-order valence-corrected chi connectivity index (χ1v) is 13.3. The van der Waals surface area contributed by atoms with Gasteiger partial charge in [-0.25, -0.2) is 13.4 Å². The van der Waals surface area contributed by atoms with E-state index in [-0.39, 0.29) is 22.8 Å². The minimum Gasteiger partial charge on any atom is -0.417 e. The van der Waals surface area contributed by atoms with Gasteiger partial charge in [-0.3, -0.25) is 4.79 Å². The van der Waals surface area contributed by atoms with Gasteiger partial charge in [-0.05, 0) is 68.1 Å². The summed E-state index contributed by atoms with van der Waals surface area (Å²) < 4.78 is 35.0. The first-order valence-electron chi connectivity index (χ1n) is 10.2. The first-order chi connectivity index (χ1) is 15.8. The van der Waals surface area contributed by atoms with Crippen molar-refractivity contribution in [1.29, 1.82) is 0 Å². The number of benzene rings is 1. The summed E-state index contributed by atoms with van der Waals surface area (Å²) in [5.74, 6) is 0.704. The number of amides is 1. The lowest BCUT2D eigenvalue weighted by molar-refractivity contribution is 0.103. The number of pyridine rings is 1. The molecule has 0 spiro atoms. The van der Waals surface area contributed by atoms with Crippen LogP contribution >= 0.6 is 22.9 Å². The van der Waals surface area contributed by atoms with Crippen LogP contribution in [-0.4, -0.2) is 30.7 Å². The van der Waals surface area contributed by atoms with E-state index in [1.54, 1.807) is 45.9 Å². The van der Waals surface area contributed by atoms with Gasteiger partial charge in [0.25, 0.3) is 11.8 Å². The fourth-order valence-electron chi connectivity index (χ4n) is 3.13. The van der Waals surface area contributed by atoms with Crippen LogP contribution in [0.4, 0.5) is 5.69 Å². The molecule has 0 saturated carbocycles. The summed E-state index contributed by atoms with van der Waals surface area (Å²) in [6, 6.07) is 10.2. The van der Waals surface area contributed by atoms with E-state index < -0.39 is 14.6 Å². The minimum absolute atomic E-state index is 0.134. The molecule has 0 bridgehead atoms. The average Bonchev–Trinajstić information content (AvgIpc) is 3.30. The predicted molar refractivity (Wildman–Crippen MR) is 133 cm³/mol. The third kappa shape index (κ3) is 4.66. The molecular formula is C23H22ClN3O5S2. The zero-order valence-electron chi connectivity index (χ0n) is 19.1. The fraction of sp³-hybridized carbons (Fsp3) is 0.261. The first kappa shape index (κ1) is 24.2. The number of hydrogen-bond acceptors (Lipinski definition) is 8. The van der Waals surface area contributed by atoms with Gasteiger partial charge in [0.05, 0.1) is 15.2 Å². The highest BCUT2D eigenvalue weighted by Gasteiger charge is 2.32. The number of thiophene rings is 1. The van der Waals surface area contributed by atoms with Crippen LogP contribution in [0.2, 0.25) is 5.15 Å². The molecule has 34 heavy (non-hydrogen) atoms. The van der Waals surface area contributed by atoms with Crippen molar-refractivity contribution < 1.29 is 22.5 Å². The number of aromatic nitrogens is 2. The number of rotatable bonds is 6. The average molecular weight is 520 g/mol. The van der Waals surface area contributed by atoms with Crippen molar-refractivity contribution in [1.82, 2.24) is 10.1 Å². The molecule has 1 amide bonds. The van der Waals surface area contributed by atoms with Gasteiger partial charge in [-0.2, -0.15) is 0 Å². The van der Waals surface area contributed by atoms with Crippen molar-refractivity contribution >= 4 is 54.5 Å². The molecule has 4 aromatic rings. The number of hydrogen-bond donors (Lipinski definition) is 1. The zero-order valence-corrected chi connectivity index (χ0v) is 21.5. The maximum Gasteiger partial charge on any atom is 0.265 e. The Morgan fingerprint density at radius 1 is 1.18 bits per heavy atom. The van der Waals surface area contributed by atoms with E-state index in [1.807, 2.05) is 6.07 Å². The summed E-state index contributed by atoms with van der Waals surface area (Å²) in [7, 11) is -3.32. The summed E-state index contributed by atoms with van der Waals surface area (Å²) in [6.07, 6.45) is 1.21. The van der Waals surface area contributed by atoms with Crippen molar-refractivity contribution in [2.75, 3.05) is 11.6 Å². The van der Waals surface area contributed by atoms with Crippen molar-refractivity contribution in [2.45, 2.75) is 32.4 Å². The maximum atomic E-state index is 12.9. The number of carbonyl (C=O) groups excluding carboxylic acids is 1. The van der Waals surface area contributed by atoms with Crippen LogP contribution < -0.4 is 10.1 Å². The van der Waals surface area contributed by atoms with Gasteiger partial charge in [-0.1, -0.05) is 17.7 Å². The molecule has 1 aromatic carbocycles. The summed E-state index contributed by atoms with van der Waals surface area (Å²) in [5.41, 5.74) is 1.79. The Morgan fingerprint density at radius 2 is 1.91 bits per heavy atom. The molecule has 3 aromatic heterocycles. The summed E-state index contributed by atoms with van der Waals surface area (Å²) in [5, 5.41) is 7.56. The number of sulfone groups is 1. The maximum absolute atomic E-state index is 12.9. The third-order valence-corrected chi connectivity index (χ3v) is 9.10. The molecule has 1 N–H and O–H groups in total. The number of ether oxygens (including phenoxy) is 1. The van der Waals surface area contributed by atoms with Crippen LogP contribution in [-0.2, 0) is 14.6 Å². The number of fused-ring (bicyclic) bond motifs is 1. The monoisotopic (exact) mass is 519 g/mol. The zero-order chi connectivity index (χ0) is 24.8. The fourth-order valence-corrected chi connectivity index (χ4v) is 4.82. The molecule has 0 atom stereocenters. The second kappa shape index (κ2) is 8.68. The van der Waals surface area contributed by atoms with Gasteiger partial charge in [-0.15, -0.1) is 11.3 Å². The topological polar surface area (TPSA) is 111 Å². The minimum atomic E-state index is -3.32. The standard InChI is InChI=1S/C23H22ClN3O5S2/c1-12-13(2)32-27-22(12)31-20-11-16(10-19(24)26-20)25-21(28)18-9-14-8-15(6-7-17(14)33-18)23(3,4)34(5,29)30/h6-11H,1-5H3,(H,25,26,28). The molecule has 3 heterocycles. The Labute approximate surface area is 205 Å². The van der Waals surface area contributed by atoms with E-state index in [4.69, 9.17) is 20.9 Å². The van der Waals surface area contributed by atoms with Crippen LogP contribution in [0.3, 0.4) is 0 Å². The summed E-state index contributed by atoms with van der Waals surface area (Å²) in [4.78, 5) is 17.5. The van der Waals surface area contributed by atoms with E-state index >= 15 is 0 Å². The smallest absolute Gasteiger partial charge is 0.265 e. The molecule has 0 saturated heterocycles. The van der Waals surface area contributed by atoms with Gasteiger partial charge in [0.2, 0.25) is 5.88 Å². The van der Waals surface area contributed by atoms with Gasteiger partial charge in [0.15, 0.2) is 9.84 Å². The number of nitrogens with zero attached hydrogens (tertiary/aromatic N) is 2. The molecule has 0 aliphatic rings. The van der Waals surface area contributed by atoms with Gasteiger partial charge < -0.3 is 14.6 Å². The molecule has 0 fully saturated rings. The van der Waals surface area contributed by atoms with Crippen LogP contribution in [0.5, 0.6) is 11.8 Å². The van der Waals surface area contributed by atoms with Gasteiger partial charge in [0, 0.05) is 22.7 Å². The molecule has 4 rings (SSSR count). The van der Waals surface area contributed by atoms with Crippen LogP contribution in [0.25, 0.3) is 10.1 Å². The van der Waals surface area contributed by atoms with Crippen molar-refractivity contribution in [3.63, 3.8) is 0 Å². The lowest BCUT2D eigenvalue weighted by Crippen LogP contribution is -2.27. The quantitative estimate of drug-likeness (QED) is 0.316. The number of halogens is 1. The number of nitrogens with one attached hydrogen (secondary N) is 1. The van der Waals surface area contributed by atoms with Crippen LogP contribution in [0.15, 0.2) is 40.9 Å². The Balaban J connectivity index is 1.58. The van der Waals surface area contributed by atoms with Gasteiger partial charge in [0.1, 0.15) is 10.9 Å². The predicted octanol–water partition coefficient (Wildman–Crippen LogP) is 5.88. The number of anilines is 1. The SMILES string of the molecule is Cc1onc(Oc2cc(NC(=O)c3cc4cc(C(C)(C)S(C)(=O)=O)ccc4s3)cc(Cl)n2)c1C. The highest BCUT2D eigenvalue weighted by atomic mass is 35.5. The van der Waals surface area contributed by atoms with E-state index in [0.29, 0.717) is 21.9 Å². The molecule has 11 heteroatoms. The Hall–Kier alpha value is -2.95. The van der Waals surface area contributed by atoms with E-state index in [9.17, 15) is 13.2 Å². The molecular weight excluding hydrogens is 498 g/mol. The molecule has 0 unspecified atom stereocenters. The second-order valence-electron chi connectivity index (χ2n) is 8.39. The Kier molecular flexibility index (Phi) is 6.17. The van der Waals surface area contributed by atoms with E-state index in [2.05, 4.69) is 15.5 Å². The van der Waals surface area contributed by atoms with Gasteiger partial charge >= 0.3 is 0 Å². The normalized spacial score (nSPS) is 12.2. The molecule has 0 aliphatic heterocycles. The summed E-state index contributed by atoms with van der Waals surface area (Å²) >= 11 is 7.42. The Morgan fingerprint density at radius 3 is 2.56 bits per heavy atom. The van der Waals surface area contributed by atoms with Crippen LogP contribution in [0.1, 0.15) is 40.4 Å². The lowest BCUT2D eigenvalue weighted by atomic mass is 10.0. The third-order valence-electron chi connectivity index (χ3n) is 5.71. The molecule has 8 nitrogen and oxygen atoms in total. The second-order valence-corrected chi connectivity index (χ2v) is 12.4.